The van der Waals surface area contributed by atoms with Crippen LogP contribution in [0.1, 0.15) is 78.1 Å². The summed E-state index contributed by atoms with van der Waals surface area (Å²) in [6, 6.07) is 0. The van der Waals surface area contributed by atoms with Gasteiger partial charge in [-0.15, -0.1) is 0 Å². The van der Waals surface area contributed by atoms with Crippen molar-refractivity contribution in [2.45, 2.75) is 84.2 Å². The van der Waals surface area contributed by atoms with Crippen LogP contribution in [0.2, 0.25) is 0 Å². The lowest BCUT2D eigenvalue weighted by Crippen LogP contribution is -2.17. The molecule has 1 unspecified atom stereocenters. The van der Waals surface area contributed by atoms with Crippen LogP contribution in [-0.4, -0.2) is 25.3 Å². The number of rotatable bonds is 15. The van der Waals surface area contributed by atoms with Crippen LogP contribution in [0.5, 0.6) is 0 Å². The maximum absolute atomic E-state index is 10.9. The van der Waals surface area contributed by atoms with Crippen LogP contribution in [0.3, 0.4) is 0 Å². The predicted octanol–water partition coefficient (Wildman–Crippen LogP) is 5.04. The molecule has 0 aromatic carbocycles. The fourth-order valence-electron chi connectivity index (χ4n) is 2.32. The van der Waals surface area contributed by atoms with Crippen molar-refractivity contribution in [1.82, 2.24) is 0 Å². The van der Waals surface area contributed by atoms with Gasteiger partial charge < -0.3 is 9.47 Å². The lowest BCUT2D eigenvalue weighted by atomic mass is 10.0. The van der Waals surface area contributed by atoms with Gasteiger partial charge in [-0.3, -0.25) is 0 Å². The maximum atomic E-state index is 10.9. The van der Waals surface area contributed by atoms with E-state index >= 15 is 0 Å². The first-order valence-corrected chi connectivity index (χ1v) is 8.65. The minimum Gasteiger partial charge on any atom is -0.460 e. The lowest BCUT2D eigenvalue weighted by molar-refractivity contribution is -0.140. The molecule has 0 aromatic heterocycles. The van der Waals surface area contributed by atoms with Crippen LogP contribution in [0.25, 0.3) is 0 Å². The monoisotopic (exact) mass is 298 g/mol. The highest BCUT2D eigenvalue weighted by atomic mass is 16.6. The molecule has 124 valence electrons. The standard InChI is InChI=1S/C18H34O3/c1-4-7-9-10-12-14-17(13-11-8-5-2)20-15-16-21-18(19)6-3/h6,17H,3-5,7-16H2,1-2H3. The van der Waals surface area contributed by atoms with Crippen LogP contribution in [-0.2, 0) is 14.3 Å². The first-order valence-electron chi connectivity index (χ1n) is 8.65. The molecule has 0 saturated heterocycles. The predicted molar refractivity (Wildman–Crippen MR) is 88.4 cm³/mol. The molecular weight excluding hydrogens is 264 g/mol. The summed E-state index contributed by atoms with van der Waals surface area (Å²) in [5.74, 6) is -0.374. The molecule has 21 heavy (non-hydrogen) atoms. The zero-order chi connectivity index (χ0) is 15.8. The SMILES string of the molecule is C=CC(=O)OCCOC(CCCCC)CCCCCCC. The molecule has 0 amide bonds. The van der Waals surface area contributed by atoms with Gasteiger partial charge in [0.1, 0.15) is 6.61 Å². The molecule has 0 heterocycles. The van der Waals surface area contributed by atoms with E-state index in [-0.39, 0.29) is 5.97 Å². The number of esters is 1. The molecule has 0 N–H and O–H groups in total. The fourth-order valence-corrected chi connectivity index (χ4v) is 2.32. The Labute approximate surface area is 131 Å². The second-order valence-corrected chi connectivity index (χ2v) is 5.56. The number of hydrogen-bond donors (Lipinski definition) is 0. The van der Waals surface area contributed by atoms with E-state index in [4.69, 9.17) is 9.47 Å². The Bertz CT molecular complexity index is 251. The van der Waals surface area contributed by atoms with E-state index in [0.29, 0.717) is 19.3 Å². The second-order valence-electron chi connectivity index (χ2n) is 5.56. The Morgan fingerprint density at radius 2 is 1.52 bits per heavy atom. The molecule has 1 atom stereocenters. The van der Waals surface area contributed by atoms with E-state index in [0.717, 1.165) is 12.8 Å². The zero-order valence-corrected chi connectivity index (χ0v) is 14.1. The van der Waals surface area contributed by atoms with Crippen LogP contribution in [0.15, 0.2) is 12.7 Å². The average Bonchev–Trinajstić information content (AvgIpc) is 2.50. The van der Waals surface area contributed by atoms with Gasteiger partial charge in [0.15, 0.2) is 0 Å². The van der Waals surface area contributed by atoms with Crippen LogP contribution >= 0.6 is 0 Å². The summed E-state index contributed by atoms with van der Waals surface area (Å²) in [5.41, 5.74) is 0. The molecule has 0 saturated carbocycles. The summed E-state index contributed by atoms with van der Waals surface area (Å²) in [6.45, 7) is 8.64. The molecule has 0 fully saturated rings. The molecule has 0 rings (SSSR count). The molecular formula is C18H34O3. The van der Waals surface area contributed by atoms with E-state index in [2.05, 4.69) is 20.4 Å². The van der Waals surface area contributed by atoms with E-state index in [1.54, 1.807) is 0 Å². The Hall–Kier alpha value is -0.830. The molecule has 0 radical (unpaired) electrons. The van der Waals surface area contributed by atoms with Crippen molar-refractivity contribution in [1.29, 1.82) is 0 Å². The van der Waals surface area contributed by atoms with Gasteiger partial charge in [-0.05, 0) is 12.8 Å². The number of ether oxygens (including phenoxy) is 2. The molecule has 0 spiro atoms. The largest absolute Gasteiger partial charge is 0.460 e. The molecule has 3 nitrogen and oxygen atoms in total. The third-order valence-electron chi connectivity index (χ3n) is 3.61. The van der Waals surface area contributed by atoms with E-state index in [1.807, 2.05) is 0 Å². The van der Waals surface area contributed by atoms with Crippen LogP contribution < -0.4 is 0 Å². The molecule has 0 aliphatic carbocycles. The van der Waals surface area contributed by atoms with Crippen molar-refractivity contribution in [2.75, 3.05) is 13.2 Å². The average molecular weight is 298 g/mol. The van der Waals surface area contributed by atoms with Crippen molar-refractivity contribution < 1.29 is 14.3 Å². The van der Waals surface area contributed by atoms with Gasteiger partial charge >= 0.3 is 5.97 Å². The lowest BCUT2D eigenvalue weighted by Gasteiger charge is -2.18. The number of carbonyl (C=O) groups is 1. The van der Waals surface area contributed by atoms with Gasteiger partial charge in [-0.1, -0.05) is 71.8 Å². The first kappa shape index (κ1) is 20.2. The second kappa shape index (κ2) is 15.6. The van der Waals surface area contributed by atoms with Gasteiger partial charge in [-0.2, -0.15) is 0 Å². The Morgan fingerprint density at radius 3 is 2.14 bits per heavy atom. The van der Waals surface area contributed by atoms with Crippen molar-refractivity contribution in [3.63, 3.8) is 0 Å². The first-order chi connectivity index (χ1) is 10.2. The molecule has 0 aliphatic rings. The molecule has 3 heteroatoms. The third-order valence-corrected chi connectivity index (χ3v) is 3.61. The summed E-state index contributed by atoms with van der Waals surface area (Å²) < 4.78 is 10.8. The normalized spacial score (nSPS) is 12.1. The highest BCUT2D eigenvalue weighted by Gasteiger charge is 2.09. The summed E-state index contributed by atoms with van der Waals surface area (Å²) in [6.07, 6.45) is 14.0. The van der Waals surface area contributed by atoms with Crippen molar-refractivity contribution in [2.24, 2.45) is 0 Å². The minimum absolute atomic E-state index is 0.320. The third kappa shape index (κ3) is 13.9. The Balaban J connectivity index is 3.79. The van der Waals surface area contributed by atoms with Crippen molar-refractivity contribution in [3.8, 4) is 0 Å². The number of hydrogen-bond acceptors (Lipinski definition) is 3. The van der Waals surface area contributed by atoms with Crippen LogP contribution in [0.4, 0.5) is 0 Å². The Kier molecular flexibility index (Phi) is 14.9. The minimum atomic E-state index is -0.374. The van der Waals surface area contributed by atoms with Gasteiger partial charge in [0.25, 0.3) is 0 Å². The van der Waals surface area contributed by atoms with Crippen LogP contribution in [0, 0.1) is 0 Å². The topological polar surface area (TPSA) is 35.5 Å². The van der Waals surface area contributed by atoms with Gasteiger partial charge in [0.05, 0.1) is 12.7 Å². The fraction of sp³-hybridized carbons (Fsp3) is 0.833. The highest BCUT2D eigenvalue weighted by molar-refractivity contribution is 5.81. The smallest absolute Gasteiger partial charge is 0.330 e. The molecule has 0 aliphatic heterocycles. The quantitative estimate of drug-likeness (QED) is 0.241. The molecule has 0 aromatic rings. The number of unbranched alkanes of at least 4 members (excludes halogenated alkanes) is 6. The van der Waals surface area contributed by atoms with E-state index < -0.39 is 0 Å². The van der Waals surface area contributed by atoms with Gasteiger partial charge in [-0.25, -0.2) is 4.79 Å². The Morgan fingerprint density at radius 1 is 0.952 bits per heavy atom. The van der Waals surface area contributed by atoms with Crippen molar-refractivity contribution in [3.05, 3.63) is 12.7 Å². The summed E-state index contributed by atoms with van der Waals surface area (Å²) in [7, 11) is 0. The van der Waals surface area contributed by atoms with Gasteiger partial charge in [0.2, 0.25) is 0 Å². The maximum Gasteiger partial charge on any atom is 0.330 e. The van der Waals surface area contributed by atoms with Crippen molar-refractivity contribution >= 4 is 5.97 Å². The van der Waals surface area contributed by atoms with Gasteiger partial charge in [0, 0.05) is 6.08 Å². The zero-order valence-electron chi connectivity index (χ0n) is 14.1. The summed E-state index contributed by atoms with van der Waals surface area (Å²) >= 11 is 0. The highest BCUT2D eigenvalue weighted by Crippen LogP contribution is 2.15. The van der Waals surface area contributed by atoms with E-state index in [9.17, 15) is 4.79 Å². The summed E-state index contributed by atoms with van der Waals surface area (Å²) in [5, 5.41) is 0. The van der Waals surface area contributed by atoms with E-state index in [1.165, 1.54) is 57.4 Å². The molecule has 0 bridgehead atoms. The number of carbonyl (C=O) groups excluding carboxylic acids is 1. The summed E-state index contributed by atoms with van der Waals surface area (Å²) in [4.78, 5) is 10.9.